The van der Waals surface area contributed by atoms with Gasteiger partial charge in [-0.2, -0.15) is 0 Å². The fourth-order valence-electron chi connectivity index (χ4n) is 4.32. The third-order valence-corrected chi connectivity index (χ3v) is 8.44. The smallest absolute Gasteiger partial charge is 0.338 e. The van der Waals surface area contributed by atoms with Crippen molar-refractivity contribution in [2.75, 3.05) is 7.11 Å². The van der Waals surface area contributed by atoms with Crippen molar-refractivity contribution in [3.63, 3.8) is 0 Å². The highest BCUT2D eigenvalue weighted by molar-refractivity contribution is 7.91. The fraction of sp³-hybridized carbons (Fsp3) is 0.125. The van der Waals surface area contributed by atoms with Crippen molar-refractivity contribution >= 4 is 15.8 Å². The molecule has 40 heavy (non-hydrogen) atoms. The van der Waals surface area contributed by atoms with Gasteiger partial charge in [0.25, 0.3) is 0 Å². The molecule has 7 nitrogen and oxygen atoms in total. The number of aryl methyl sites for hydroxylation is 1. The Bertz CT molecular complexity index is 1710. The summed E-state index contributed by atoms with van der Waals surface area (Å²) in [4.78, 5) is 17.6. The molecule has 1 unspecified atom stereocenters. The zero-order chi connectivity index (χ0) is 28.1. The van der Waals surface area contributed by atoms with Gasteiger partial charge in [0, 0.05) is 5.56 Å². The Hall–Kier alpha value is -4.69. The molecule has 0 saturated heterocycles. The first-order chi connectivity index (χ1) is 19.4. The molecule has 0 fully saturated rings. The summed E-state index contributed by atoms with van der Waals surface area (Å²) in [6.07, 6.45) is 0. The van der Waals surface area contributed by atoms with Gasteiger partial charge >= 0.3 is 5.97 Å². The van der Waals surface area contributed by atoms with Crippen LogP contribution in [-0.2, 0) is 21.2 Å². The van der Waals surface area contributed by atoms with Crippen LogP contribution in [-0.4, -0.2) is 26.5 Å². The van der Waals surface area contributed by atoms with Crippen molar-refractivity contribution in [2.24, 2.45) is 0 Å². The molecule has 0 radical (unpaired) electrons. The predicted molar refractivity (Wildman–Crippen MR) is 151 cm³/mol. The molecule has 0 aliphatic carbocycles. The fourth-order valence-corrected chi connectivity index (χ4v) is 6.09. The van der Waals surface area contributed by atoms with Gasteiger partial charge in [0.05, 0.1) is 17.6 Å². The van der Waals surface area contributed by atoms with Crippen LogP contribution in [0.4, 0.5) is 0 Å². The molecule has 0 saturated carbocycles. The van der Waals surface area contributed by atoms with Gasteiger partial charge in [0.15, 0.2) is 22.2 Å². The van der Waals surface area contributed by atoms with Gasteiger partial charge in [0.2, 0.25) is 5.89 Å². The molecule has 0 bridgehead atoms. The number of esters is 1. The summed E-state index contributed by atoms with van der Waals surface area (Å²) < 4.78 is 45.6. The highest BCUT2D eigenvalue weighted by Gasteiger charge is 2.37. The average molecular weight is 554 g/mol. The Kier molecular flexibility index (Phi) is 7.79. The molecule has 5 aromatic rings. The molecule has 202 valence electrons. The molecule has 8 heteroatoms. The number of benzene rings is 4. The number of ether oxygens (including phenoxy) is 2. The molecule has 5 rings (SSSR count). The summed E-state index contributed by atoms with van der Waals surface area (Å²) in [6.45, 7) is 1.58. The van der Waals surface area contributed by atoms with E-state index in [-0.39, 0.29) is 28.8 Å². The number of hydrogen-bond acceptors (Lipinski definition) is 7. The number of aromatic nitrogens is 1. The molecule has 0 N–H and O–H groups in total. The Morgan fingerprint density at radius 1 is 0.875 bits per heavy atom. The zero-order valence-electron chi connectivity index (χ0n) is 22.0. The van der Waals surface area contributed by atoms with E-state index in [9.17, 15) is 13.2 Å². The van der Waals surface area contributed by atoms with Crippen molar-refractivity contribution in [1.82, 2.24) is 4.98 Å². The second kappa shape index (κ2) is 11.6. The lowest BCUT2D eigenvalue weighted by molar-refractivity contribution is 0.0445. The lowest BCUT2D eigenvalue weighted by Gasteiger charge is -2.18. The Balaban J connectivity index is 1.66. The number of hydrogen-bond donors (Lipinski definition) is 0. The van der Waals surface area contributed by atoms with E-state index < -0.39 is 21.1 Å². The first-order valence-corrected chi connectivity index (χ1v) is 14.1. The normalized spacial score (nSPS) is 12.1. The van der Waals surface area contributed by atoms with E-state index >= 15 is 0 Å². The topological polar surface area (TPSA) is 95.7 Å². The van der Waals surface area contributed by atoms with Gasteiger partial charge in [-0.05, 0) is 61.0 Å². The molecule has 1 atom stereocenters. The van der Waals surface area contributed by atoms with E-state index in [4.69, 9.17) is 18.9 Å². The number of methoxy groups -OCH3 is 1. The highest BCUT2D eigenvalue weighted by atomic mass is 32.2. The van der Waals surface area contributed by atoms with E-state index in [2.05, 4.69) is 0 Å². The van der Waals surface area contributed by atoms with Crippen LogP contribution < -0.4 is 4.74 Å². The quantitative estimate of drug-likeness (QED) is 0.190. The number of sulfone groups is 1. The number of nitrogens with zero attached hydrogens (tertiary/aromatic N) is 1. The zero-order valence-corrected chi connectivity index (χ0v) is 22.8. The first kappa shape index (κ1) is 26.9. The second-order valence-electron chi connectivity index (χ2n) is 9.15. The van der Waals surface area contributed by atoms with Crippen molar-refractivity contribution < 1.29 is 27.1 Å². The minimum atomic E-state index is -4.05. The highest BCUT2D eigenvalue weighted by Crippen LogP contribution is 2.39. The average Bonchev–Trinajstić information content (AvgIpc) is 3.40. The van der Waals surface area contributed by atoms with Crippen molar-refractivity contribution in [2.45, 2.75) is 23.7 Å². The molecular formula is C32H27NO6S. The lowest BCUT2D eigenvalue weighted by Crippen LogP contribution is -2.18. The van der Waals surface area contributed by atoms with Crippen molar-refractivity contribution in [3.05, 3.63) is 137 Å². The minimum absolute atomic E-state index is 0.127. The van der Waals surface area contributed by atoms with E-state index in [1.165, 1.54) is 7.11 Å². The summed E-state index contributed by atoms with van der Waals surface area (Å²) in [5.41, 5.74) is 2.51. The SMILES string of the molecule is COc1cccc(C(c2nc(-c3ccccc3)oc2COC(=O)c2ccccc2)S(=O)(=O)c2ccc(C)cc2)c1. The van der Waals surface area contributed by atoms with Crippen LogP contribution in [0.15, 0.2) is 119 Å². The monoisotopic (exact) mass is 553 g/mol. The summed E-state index contributed by atoms with van der Waals surface area (Å²) in [6, 6.07) is 31.1. The predicted octanol–water partition coefficient (Wildman–Crippen LogP) is 6.58. The third-order valence-electron chi connectivity index (χ3n) is 6.40. The van der Waals surface area contributed by atoms with Gasteiger partial charge in [-0.3, -0.25) is 0 Å². The molecule has 1 aromatic heterocycles. The van der Waals surface area contributed by atoms with Crippen LogP contribution in [0.25, 0.3) is 11.5 Å². The second-order valence-corrected chi connectivity index (χ2v) is 11.2. The maximum atomic E-state index is 14.3. The van der Waals surface area contributed by atoms with Gasteiger partial charge < -0.3 is 13.9 Å². The third kappa shape index (κ3) is 5.67. The number of oxazole rings is 1. The van der Waals surface area contributed by atoms with Crippen LogP contribution >= 0.6 is 0 Å². The van der Waals surface area contributed by atoms with Gasteiger partial charge in [-0.15, -0.1) is 0 Å². The van der Waals surface area contributed by atoms with E-state index in [1.54, 1.807) is 78.9 Å². The van der Waals surface area contributed by atoms with Crippen LogP contribution in [0.1, 0.15) is 38.2 Å². The van der Waals surface area contributed by atoms with E-state index in [0.29, 0.717) is 22.4 Å². The summed E-state index contributed by atoms with van der Waals surface area (Å²) in [7, 11) is -2.53. The van der Waals surface area contributed by atoms with E-state index in [1.807, 2.05) is 37.3 Å². The van der Waals surface area contributed by atoms with E-state index in [0.717, 1.165) is 5.56 Å². The molecule has 0 aliphatic heterocycles. The molecule has 0 amide bonds. The summed E-state index contributed by atoms with van der Waals surface area (Å²) in [5, 5.41) is -1.27. The Labute approximate surface area is 233 Å². The number of carbonyl (C=O) groups is 1. The number of carbonyl (C=O) groups excluding carboxylic acids is 1. The molecule has 0 aliphatic rings. The molecule has 1 heterocycles. The first-order valence-electron chi connectivity index (χ1n) is 12.6. The summed E-state index contributed by atoms with van der Waals surface area (Å²) in [5.74, 6) is 0.272. The van der Waals surface area contributed by atoms with Crippen molar-refractivity contribution in [3.8, 4) is 17.2 Å². The van der Waals surface area contributed by atoms with Crippen LogP contribution in [0.5, 0.6) is 5.75 Å². The largest absolute Gasteiger partial charge is 0.497 e. The molecular weight excluding hydrogens is 526 g/mol. The molecule has 4 aromatic carbocycles. The minimum Gasteiger partial charge on any atom is -0.497 e. The maximum absolute atomic E-state index is 14.3. The van der Waals surface area contributed by atoms with Gasteiger partial charge in [-0.25, -0.2) is 18.2 Å². The summed E-state index contributed by atoms with van der Waals surface area (Å²) >= 11 is 0. The lowest BCUT2D eigenvalue weighted by atomic mass is 10.1. The van der Waals surface area contributed by atoms with Crippen LogP contribution in [0, 0.1) is 6.92 Å². The van der Waals surface area contributed by atoms with Crippen LogP contribution in [0.3, 0.4) is 0 Å². The molecule has 0 spiro atoms. The van der Waals surface area contributed by atoms with Gasteiger partial charge in [0.1, 0.15) is 16.7 Å². The Morgan fingerprint density at radius 2 is 1.55 bits per heavy atom. The van der Waals surface area contributed by atoms with Crippen LogP contribution in [0.2, 0.25) is 0 Å². The maximum Gasteiger partial charge on any atom is 0.338 e. The number of rotatable bonds is 9. The van der Waals surface area contributed by atoms with Gasteiger partial charge in [-0.1, -0.05) is 66.2 Å². The Morgan fingerprint density at radius 3 is 2.23 bits per heavy atom. The standard InChI is InChI=1S/C32H27NO6S/c1-22-16-18-27(19-17-22)40(35,36)30(25-14-9-15-26(20-25)37-2)29-28(21-38-32(34)24-12-7-4-8-13-24)39-31(33-29)23-10-5-3-6-11-23/h3-20,30H,21H2,1-2H3. The van der Waals surface area contributed by atoms with Crippen molar-refractivity contribution in [1.29, 1.82) is 0 Å².